The van der Waals surface area contributed by atoms with E-state index in [2.05, 4.69) is 33.6 Å². The van der Waals surface area contributed by atoms with Gasteiger partial charge in [-0.15, -0.1) is 35.3 Å². The maximum atomic E-state index is 6.06. The molecule has 0 fully saturated rings. The molecule has 8 heteroatoms. The van der Waals surface area contributed by atoms with Gasteiger partial charge >= 0.3 is 0 Å². The molecule has 2 aromatic rings. The van der Waals surface area contributed by atoms with Crippen LogP contribution in [0.3, 0.4) is 0 Å². The molecule has 1 aliphatic heterocycles. The first-order valence-corrected chi connectivity index (χ1v) is 9.57. The van der Waals surface area contributed by atoms with Gasteiger partial charge in [-0.25, -0.2) is 0 Å². The summed E-state index contributed by atoms with van der Waals surface area (Å²) in [6.45, 7) is 4.93. The largest absolute Gasteiger partial charge is 0.493 e. The minimum atomic E-state index is 0. The molecule has 1 aromatic carbocycles. The zero-order chi connectivity index (χ0) is 18.5. The number of nitrogens with two attached hydrogens (primary N) is 1. The summed E-state index contributed by atoms with van der Waals surface area (Å²) in [6.07, 6.45) is 1.13. The quantitative estimate of drug-likeness (QED) is 0.359. The first-order chi connectivity index (χ1) is 12.6. The van der Waals surface area contributed by atoms with Crippen LogP contribution in [0.4, 0.5) is 5.69 Å². The number of rotatable bonds is 6. The van der Waals surface area contributed by atoms with Crippen LogP contribution in [0.25, 0.3) is 0 Å². The lowest BCUT2D eigenvalue weighted by Gasteiger charge is -2.31. The molecule has 0 spiro atoms. The molecular formula is C19H27IN4O2S. The summed E-state index contributed by atoms with van der Waals surface area (Å²) in [7, 11) is 3.22. The lowest BCUT2D eigenvalue weighted by atomic mass is 10.1. The van der Waals surface area contributed by atoms with Gasteiger partial charge in [-0.1, -0.05) is 0 Å². The number of nitrogens with zero attached hydrogens (tertiary/aromatic N) is 2. The number of nitrogens with one attached hydrogen (secondary N) is 1. The summed E-state index contributed by atoms with van der Waals surface area (Å²) in [4.78, 5) is 8.49. The number of hydrogen-bond acceptors (Lipinski definition) is 5. The molecule has 1 aliphatic rings. The molecule has 1 atom stereocenters. The fraction of sp³-hybridized carbons (Fsp3) is 0.421. The van der Waals surface area contributed by atoms with Crippen LogP contribution < -0.4 is 20.5 Å². The second-order valence-corrected chi connectivity index (χ2v) is 7.36. The van der Waals surface area contributed by atoms with Crippen LogP contribution in [0.15, 0.2) is 34.6 Å². The lowest BCUT2D eigenvalue weighted by molar-refractivity contribution is 0.197. The Hall–Kier alpha value is -1.52. The van der Waals surface area contributed by atoms with Crippen LogP contribution in [0, 0.1) is 0 Å². The van der Waals surface area contributed by atoms with Gasteiger partial charge in [-0.05, 0) is 42.5 Å². The Bertz CT molecular complexity index is 781. The molecular weight excluding hydrogens is 475 g/mol. The molecule has 0 aliphatic carbocycles. The predicted molar refractivity (Wildman–Crippen MR) is 123 cm³/mol. The number of ether oxygens (including phenoxy) is 2. The average molecular weight is 502 g/mol. The van der Waals surface area contributed by atoms with E-state index in [0.29, 0.717) is 30.0 Å². The molecule has 0 saturated heterocycles. The van der Waals surface area contributed by atoms with Crippen molar-refractivity contribution in [1.29, 1.82) is 0 Å². The van der Waals surface area contributed by atoms with Gasteiger partial charge in [0.2, 0.25) is 0 Å². The minimum absolute atomic E-state index is 0. The van der Waals surface area contributed by atoms with E-state index in [1.807, 2.05) is 29.5 Å². The maximum absolute atomic E-state index is 6.06. The monoisotopic (exact) mass is 502 g/mol. The number of hydrogen-bond donors (Lipinski definition) is 2. The predicted octanol–water partition coefficient (Wildman–Crippen LogP) is 3.56. The zero-order valence-electron chi connectivity index (χ0n) is 15.9. The van der Waals surface area contributed by atoms with Gasteiger partial charge in [0.25, 0.3) is 0 Å². The second-order valence-electron chi connectivity index (χ2n) is 6.36. The summed E-state index contributed by atoms with van der Waals surface area (Å²) < 4.78 is 10.5. The Kier molecular flexibility index (Phi) is 8.18. The van der Waals surface area contributed by atoms with Crippen molar-refractivity contribution in [1.82, 2.24) is 4.90 Å². The standard InChI is InChI=1S/C19H26N4O2S.HI/c1-13(23-8-6-18-14(12-23)7-9-26-18)11-21-19(20)22-15-4-5-16(24-2)17(10-15)25-3;/h4-5,7,9-10,13H,6,8,11-12H2,1-3H3,(H3,20,21,22);1H. The Morgan fingerprint density at radius 3 is 2.81 bits per heavy atom. The normalized spacial score (nSPS) is 15.4. The van der Waals surface area contributed by atoms with Gasteiger partial charge < -0.3 is 20.5 Å². The first kappa shape index (κ1) is 21.8. The number of aliphatic imine (C=N–C) groups is 1. The Balaban J connectivity index is 0.00000261. The number of fused-ring (bicyclic) bond motifs is 1. The Labute approximate surface area is 181 Å². The van der Waals surface area contributed by atoms with Crippen molar-refractivity contribution in [2.45, 2.75) is 25.9 Å². The van der Waals surface area contributed by atoms with Crippen molar-refractivity contribution in [3.8, 4) is 11.5 Å². The molecule has 6 nitrogen and oxygen atoms in total. The molecule has 3 N–H and O–H groups in total. The van der Waals surface area contributed by atoms with Crippen LogP contribution in [0.2, 0.25) is 0 Å². The molecule has 1 aromatic heterocycles. The minimum Gasteiger partial charge on any atom is -0.493 e. The number of methoxy groups -OCH3 is 2. The summed E-state index contributed by atoms with van der Waals surface area (Å²) in [5.74, 6) is 1.73. The van der Waals surface area contributed by atoms with Crippen LogP contribution in [0.5, 0.6) is 11.5 Å². The van der Waals surface area contributed by atoms with Gasteiger partial charge in [0, 0.05) is 35.8 Å². The van der Waals surface area contributed by atoms with Crippen molar-refractivity contribution in [3.05, 3.63) is 40.1 Å². The highest BCUT2D eigenvalue weighted by atomic mass is 127. The molecule has 3 rings (SSSR count). The van der Waals surface area contributed by atoms with Gasteiger partial charge in [-0.2, -0.15) is 0 Å². The summed E-state index contributed by atoms with van der Waals surface area (Å²) >= 11 is 1.86. The molecule has 27 heavy (non-hydrogen) atoms. The van der Waals surface area contributed by atoms with E-state index < -0.39 is 0 Å². The van der Waals surface area contributed by atoms with Crippen molar-refractivity contribution in [3.63, 3.8) is 0 Å². The smallest absolute Gasteiger partial charge is 0.193 e. The van der Waals surface area contributed by atoms with Gasteiger partial charge in [0.15, 0.2) is 17.5 Å². The molecule has 0 radical (unpaired) electrons. The van der Waals surface area contributed by atoms with Crippen molar-refractivity contribution in [2.24, 2.45) is 10.7 Å². The third-order valence-corrected chi connectivity index (χ3v) is 5.67. The first-order valence-electron chi connectivity index (χ1n) is 8.69. The number of halogens is 1. The van der Waals surface area contributed by atoms with E-state index in [0.717, 1.165) is 25.2 Å². The second kappa shape index (κ2) is 10.1. The van der Waals surface area contributed by atoms with Crippen molar-refractivity contribution in [2.75, 3.05) is 32.6 Å². The molecule has 0 saturated carbocycles. The number of benzene rings is 1. The van der Waals surface area contributed by atoms with E-state index in [4.69, 9.17) is 15.2 Å². The van der Waals surface area contributed by atoms with E-state index >= 15 is 0 Å². The zero-order valence-corrected chi connectivity index (χ0v) is 19.0. The van der Waals surface area contributed by atoms with Crippen LogP contribution in [-0.4, -0.2) is 44.2 Å². The summed E-state index contributed by atoms with van der Waals surface area (Å²) in [6, 6.07) is 8.13. The van der Waals surface area contributed by atoms with Gasteiger partial charge in [0.05, 0.1) is 20.8 Å². The Morgan fingerprint density at radius 1 is 1.30 bits per heavy atom. The highest BCUT2D eigenvalue weighted by Crippen LogP contribution is 2.29. The van der Waals surface area contributed by atoms with Crippen LogP contribution in [0.1, 0.15) is 17.4 Å². The molecule has 1 unspecified atom stereocenters. The topological polar surface area (TPSA) is 72.1 Å². The highest BCUT2D eigenvalue weighted by molar-refractivity contribution is 14.0. The molecule has 2 heterocycles. The summed E-state index contributed by atoms with van der Waals surface area (Å²) in [5, 5.41) is 5.30. The SMILES string of the molecule is COc1ccc(NC(N)=NCC(C)N2CCc3sccc3C2)cc1OC.I. The van der Waals surface area contributed by atoms with Crippen LogP contribution in [-0.2, 0) is 13.0 Å². The van der Waals surface area contributed by atoms with E-state index in [1.165, 1.54) is 10.4 Å². The van der Waals surface area contributed by atoms with Gasteiger partial charge in [0.1, 0.15) is 0 Å². The fourth-order valence-corrected chi connectivity index (χ4v) is 3.98. The highest BCUT2D eigenvalue weighted by Gasteiger charge is 2.21. The average Bonchev–Trinajstić information content (AvgIpc) is 3.13. The maximum Gasteiger partial charge on any atom is 0.193 e. The van der Waals surface area contributed by atoms with Crippen molar-refractivity contribution >= 4 is 47.0 Å². The molecule has 0 amide bonds. The third-order valence-electron chi connectivity index (χ3n) is 4.64. The molecule has 148 valence electrons. The fourth-order valence-electron chi connectivity index (χ4n) is 3.09. The third kappa shape index (κ3) is 5.49. The lowest BCUT2D eigenvalue weighted by Crippen LogP contribution is -2.39. The van der Waals surface area contributed by atoms with Crippen LogP contribution >= 0.6 is 35.3 Å². The van der Waals surface area contributed by atoms with Gasteiger partial charge in [-0.3, -0.25) is 9.89 Å². The summed E-state index contributed by atoms with van der Waals surface area (Å²) in [5.41, 5.74) is 8.33. The molecule has 0 bridgehead atoms. The number of anilines is 1. The number of thiophene rings is 1. The van der Waals surface area contributed by atoms with E-state index in [-0.39, 0.29) is 24.0 Å². The van der Waals surface area contributed by atoms with E-state index in [9.17, 15) is 0 Å². The Morgan fingerprint density at radius 2 is 2.07 bits per heavy atom. The van der Waals surface area contributed by atoms with E-state index in [1.54, 1.807) is 14.2 Å². The van der Waals surface area contributed by atoms with Crippen molar-refractivity contribution < 1.29 is 9.47 Å². The number of guanidine groups is 1.